The molecule has 3 aliphatic heterocycles. The zero-order valence-corrected chi connectivity index (χ0v) is 18.3. The summed E-state index contributed by atoms with van der Waals surface area (Å²) in [4.78, 5) is 29.5. The highest BCUT2D eigenvalue weighted by molar-refractivity contribution is 6.33. The maximum Gasteiger partial charge on any atom is 0.284 e. The van der Waals surface area contributed by atoms with Crippen molar-refractivity contribution in [3.8, 4) is 12.3 Å². The highest BCUT2D eigenvalue weighted by atomic mass is 16.2. The van der Waals surface area contributed by atoms with E-state index in [2.05, 4.69) is 22.8 Å². The first-order valence-corrected chi connectivity index (χ1v) is 10.9. The lowest BCUT2D eigenvalue weighted by molar-refractivity contribution is -0.114. The second-order valence-electron chi connectivity index (χ2n) is 8.36. The Labute approximate surface area is 188 Å². The molecule has 3 heterocycles. The number of rotatable bonds is 2. The Balaban J connectivity index is 1.62. The van der Waals surface area contributed by atoms with Crippen LogP contribution in [0.15, 0.2) is 70.4 Å². The molecule has 0 aliphatic carbocycles. The third-order valence-electron chi connectivity index (χ3n) is 6.13. The zero-order chi connectivity index (χ0) is 22.2. The lowest BCUT2D eigenvalue weighted by atomic mass is 9.98. The Morgan fingerprint density at radius 3 is 2.56 bits per heavy atom. The average molecular weight is 424 g/mol. The quantitative estimate of drug-likeness (QED) is 0.551. The van der Waals surface area contributed by atoms with Crippen LogP contribution in [0.2, 0.25) is 0 Å². The van der Waals surface area contributed by atoms with Gasteiger partial charge in [-0.3, -0.25) is 14.7 Å². The molecule has 0 radical (unpaired) electrons. The second-order valence-corrected chi connectivity index (χ2v) is 8.36. The van der Waals surface area contributed by atoms with Gasteiger partial charge in [0.25, 0.3) is 5.91 Å². The van der Waals surface area contributed by atoms with E-state index in [1.165, 1.54) is 0 Å². The largest absolute Gasteiger partial charge is 0.373 e. The number of amidine groups is 1. The van der Waals surface area contributed by atoms with Gasteiger partial charge in [-0.2, -0.15) is 0 Å². The predicted octanol–water partition coefficient (Wildman–Crippen LogP) is 2.74. The van der Waals surface area contributed by atoms with Crippen LogP contribution in [0.5, 0.6) is 0 Å². The number of aliphatic imine (C=N–C) groups is 2. The molecule has 0 N–H and O–H groups in total. The molecule has 3 aliphatic rings. The topological polar surface area (TPSA) is 51.5 Å². The fourth-order valence-corrected chi connectivity index (χ4v) is 4.32. The van der Waals surface area contributed by atoms with Gasteiger partial charge in [0.1, 0.15) is 17.6 Å². The number of hydrogen-bond acceptors (Lipinski definition) is 5. The molecule has 2 aromatic rings. The number of terminal acetylenes is 1. The van der Waals surface area contributed by atoms with Gasteiger partial charge in [0.15, 0.2) is 0 Å². The number of carbonyl (C=O) groups is 1. The molecule has 0 saturated carbocycles. The van der Waals surface area contributed by atoms with Crippen molar-refractivity contribution in [2.24, 2.45) is 9.98 Å². The van der Waals surface area contributed by atoms with Crippen molar-refractivity contribution < 1.29 is 4.79 Å². The highest BCUT2D eigenvalue weighted by Gasteiger charge is 2.38. The van der Waals surface area contributed by atoms with Gasteiger partial charge in [0.2, 0.25) is 0 Å². The lowest BCUT2D eigenvalue weighted by Crippen LogP contribution is -2.42. The van der Waals surface area contributed by atoms with Crippen LogP contribution in [0.3, 0.4) is 0 Å². The standard InChI is InChI=1S/C26H25N5O/c1-4-19-10-11-23-21(16-19)24(20-8-6-5-7-9-20)27-18(2)25-28-22(26(32)31(23)25)17-30-14-12-29(3)13-15-30/h1,5-11,16-18H,12-15H2,2-3H3/b22-17-. The van der Waals surface area contributed by atoms with E-state index in [0.717, 1.165) is 54.3 Å². The van der Waals surface area contributed by atoms with Crippen molar-refractivity contribution >= 4 is 23.1 Å². The van der Waals surface area contributed by atoms with Gasteiger partial charge in [0.05, 0.1) is 11.4 Å². The third-order valence-corrected chi connectivity index (χ3v) is 6.13. The summed E-state index contributed by atoms with van der Waals surface area (Å²) in [6.07, 6.45) is 7.60. The number of carbonyl (C=O) groups excluding carboxylic acids is 1. The van der Waals surface area contributed by atoms with Gasteiger partial charge in [-0.05, 0) is 32.2 Å². The van der Waals surface area contributed by atoms with Crippen molar-refractivity contribution in [3.63, 3.8) is 0 Å². The summed E-state index contributed by atoms with van der Waals surface area (Å²) in [5, 5.41) is 0. The Morgan fingerprint density at radius 1 is 1.09 bits per heavy atom. The van der Waals surface area contributed by atoms with Crippen LogP contribution in [0.4, 0.5) is 5.69 Å². The van der Waals surface area contributed by atoms with Crippen LogP contribution < -0.4 is 4.90 Å². The molecular formula is C26H25N5O. The fourth-order valence-electron chi connectivity index (χ4n) is 4.32. The summed E-state index contributed by atoms with van der Waals surface area (Å²) in [6, 6.07) is 15.4. The smallest absolute Gasteiger partial charge is 0.284 e. The van der Waals surface area contributed by atoms with Crippen LogP contribution in [0.25, 0.3) is 0 Å². The molecule has 1 fully saturated rings. The molecule has 6 nitrogen and oxygen atoms in total. The minimum absolute atomic E-state index is 0.120. The van der Waals surface area contributed by atoms with E-state index in [1.54, 1.807) is 4.90 Å². The van der Waals surface area contributed by atoms with Crippen molar-refractivity contribution in [2.75, 3.05) is 38.1 Å². The number of fused-ring (bicyclic) bond motifs is 3. The summed E-state index contributed by atoms with van der Waals surface area (Å²) in [7, 11) is 2.11. The van der Waals surface area contributed by atoms with Crippen LogP contribution in [-0.4, -0.2) is 66.5 Å². The van der Waals surface area contributed by atoms with Gasteiger partial charge < -0.3 is 9.80 Å². The van der Waals surface area contributed by atoms with E-state index >= 15 is 0 Å². The van der Waals surface area contributed by atoms with Crippen LogP contribution >= 0.6 is 0 Å². The summed E-state index contributed by atoms with van der Waals surface area (Å²) in [5.41, 5.74) is 4.62. The van der Waals surface area contributed by atoms with Crippen molar-refractivity contribution in [1.29, 1.82) is 0 Å². The normalized spacial score (nSPS) is 22.1. The fraction of sp³-hybridized carbons (Fsp3) is 0.269. The summed E-state index contributed by atoms with van der Waals surface area (Å²) >= 11 is 0. The molecule has 1 amide bonds. The highest BCUT2D eigenvalue weighted by Crippen LogP contribution is 2.34. The molecule has 160 valence electrons. The van der Waals surface area contributed by atoms with Crippen molar-refractivity contribution in [3.05, 3.63) is 77.1 Å². The molecule has 0 bridgehead atoms. The minimum atomic E-state index is -0.283. The minimum Gasteiger partial charge on any atom is -0.373 e. The van der Waals surface area contributed by atoms with Gasteiger partial charge in [-0.1, -0.05) is 36.3 Å². The van der Waals surface area contributed by atoms with Crippen LogP contribution in [0.1, 0.15) is 23.6 Å². The lowest BCUT2D eigenvalue weighted by Gasteiger charge is -2.31. The molecule has 1 saturated heterocycles. The predicted molar refractivity (Wildman–Crippen MR) is 128 cm³/mol. The average Bonchev–Trinajstić information content (AvgIpc) is 3.08. The molecule has 0 aromatic heterocycles. The number of hydrogen-bond donors (Lipinski definition) is 0. The van der Waals surface area contributed by atoms with E-state index in [1.807, 2.05) is 61.7 Å². The van der Waals surface area contributed by atoms with E-state index in [9.17, 15) is 4.79 Å². The Bertz CT molecular complexity index is 1200. The molecule has 32 heavy (non-hydrogen) atoms. The monoisotopic (exact) mass is 423 g/mol. The molecule has 0 spiro atoms. The molecule has 1 unspecified atom stereocenters. The maximum atomic E-state index is 13.6. The SMILES string of the molecule is C#Cc1ccc2c(c1)C(c1ccccc1)=NC(C)C1=N/C(=C\N3CCN(C)CC3)C(=O)N12. The summed E-state index contributed by atoms with van der Waals surface area (Å²) in [5.74, 6) is 3.24. The van der Waals surface area contributed by atoms with E-state index in [-0.39, 0.29) is 11.9 Å². The van der Waals surface area contributed by atoms with Crippen LogP contribution in [0, 0.1) is 12.3 Å². The zero-order valence-electron chi connectivity index (χ0n) is 18.3. The first-order chi connectivity index (χ1) is 15.5. The number of likely N-dealkylation sites (N-methyl/N-ethyl adjacent to an activating group) is 1. The first kappa shape index (κ1) is 20.2. The maximum absolute atomic E-state index is 13.6. The van der Waals surface area contributed by atoms with Gasteiger partial charge in [0, 0.05) is 49.1 Å². The number of nitrogens with zero attached hydrogens (tertiary/aromatic N) is 5. The van der Waals surface area contributed by atoms with E-state index < -0.39 is 0 Å². The number of piperazine rings is 1. The van der Waals surface area contributed by atoms with Gasteiger partial charge in [-0.15, -0.1) is 6.42 Å². The van der Waals surface area contributed by atoms with Crippen molar-refractivity contribution in [1.82, 2.24) is 9.80 Å². The number of benzene rings is 2. The van der Waals surface area contributed by atoms with E-state index in [4.69, 9.17) is 16.4 Å². The third kappa shape index (κ3) is 3.51. The molecule has 6 heteroatoms. The second kappa shape index (κ2) is 8.10. The summed E-state index contributed by atoms with van der Waals surface area (Å²) in [6.45, 7) is 5.68. The first-order valence-electron chi connectivity index (χ1n) is 10.9. The number of amides is 1. The Morgan fingerprint density at radius 2 is 1.84 bits per heavy atom. The molecule has 1 atom stereocenters. The molecule has 2 aromatic carbocycles. The molecular weight excluding hydrogens is 398 g/mol. The van der Waals surface area contributed by atoms with Crippen LogP contribution in [-0.2, 0) is 4.79 Å². The van der Waals surface area contributed by atoms with Crippen molar-refractivity contribution in [2.45, 2.75) is 13.0 Å². The van der Waals surface area contributed by atoms with E-state index in [0.29, 0.717) is 11.5 Å². The Kier molecular flexibility index (Phi) is 5.12. The molecule has 5 rings (SSSR count). The van der Waals surface area contributed by atoms with Gasteiger partial charge in [-0.25, -0.2) is 4.99 Å². The van der Waals surface area contributed by atoms with Gasteiger partial charge >= 0.3 is 0 Å². The summed E-state index contributed by atoms with van der Waals surface area (Å²) < 4.78 is 0. The number of anilines is 1. The Hall–Kier alpha value is -3.69.